The van der Waals surface area contributed by atoms with Gasteiger partial charge < -0.3 is 9.64 Å². The summed E-state index contributed by atoms with van der Waals surface area (Å²) in [6.07, 6.45) is 0. The van der Waals surface area contributed by atoms with Crippen LogP contribution in [0.25, 0.3) is 0 Å². The van der Waals surface area contributed by atoms with Gasteiger partial charge in [0.05, 0.1) is 17.1 Å². The number of carbonyl (C=O) groups is 1. The summed E-state index contributed by atoms with van der Waals surface area (Å²) in [5.41, 5.74) is 0.910. The lowest BCUT2D eigenvalue weighted by molar-refractivity contribution is 0.00695. The normalized spacial score (nSPS) is 18.3. The van der Waals surface area contributed by atoms with Crippen molar-refractivity contribution in [2.24, 2.45) is 0 Å². The summed E-state index contributed by atoms with van der Waals surface area (Å²) in [4.78, 5) is 13.9. The van der Waals surface area contributed by atoms with Gasteiger partial charge in [0.15, 0.2) is 9.84 Å². The first kappa shape index (κ1) is 15.8. The summed E-state index contributed by atoms with van der Waals surface area (Å²) >= 11 is 0. The van der Waals surface area contributed by atoms with E-state index >= 15 is 0 Å². The number of carbonyl (C=O) groups excluding carboxylic acids is 1. The molecule has 0 atom stereocenters. The number of nitrogens with zero attached hydrogens (tertiary/aromatic N) is 1. The van der Waals surface area contributed by atoms with Gasteiger partial charge >= 0.3 is 5.97 Å². The quantitative estimate of drug-likeness (QED) is 0.780. The van der Waals surface area contributed by atoms with Crippen LogP contribution in [0.2, 0.25) is 0 Å². The van der Waals surface area contributed by atoms with E-state index in [2.05, 4.69) is 0 Å². The molecular formula is C15H21NO4S. The average molecular weight is 311 g/mol. The lowest BCUT2D eigenvalue weighted by Gasteiger charge is -2.28. The van der Waals surface area contributed by atoms with Crippen LogP contribution in [0.3, 0.4) is 0 Å². The van der Waals surface area contributed by atoms with Crippen molar-refractivity contribution in [1.82, 2.24) is 0 Å². The van der Waals surface area contributed by atoms with Gasteiger partial charge in [0, 0.05) is 18.8 Å². The molecule has 1 aromatic carbocycles. The molecule has 1 heterocycles. The fourth-order valence-corrected chi connectivity index (χ4v) is 3.32. The van der Waals surface area contributed by atoms with Crippen molar-refractivity contribution in [2.45, 2.75) is 26.4 Å². The maximum absolute atomic E-state index is 11.9. The predicted molar refractivity (Wildman–Crippen MR) is 82.5 cm³/mol. The summed E-state index contributed by atoms with van der Waals surface area (Å²) in [5, 5.41) is 0. The first-order valence-electron chi connectivity index (χ1n) is 6.95. The molecular weight excluding hydrogens is 290 g/mol. The minimum absolute atomic E-state index is 0.181. The van der Waals surface area contributed by atoms with Crippen molar-refractivity contribution in [3.05, 3.63) is 29.8 Å². The van der Waals surface area contributed by atoms with Crippen LogP contribution < -0.4 is 4.90 Å². The summed E-state index contributed by atoms with van der Waals surface area (Å²) in [6, 6.07) is 7.09. The molecule has 0 amide bonds. The summed E-state index contributed by atoms with van der Waals surface area (Å²) < 4.78 is 28.1. The number of anilines is 1. The van der Waals surface area contributed by atoms with Crippen LogP contribution >= 0.6 is 0 Å². The molecule has 1 fully saturated rings. The SMILES string of the molecule is CC(C)(C)OC(=O)c1ccc(N2CCS(=O)(=O)CC2)cc1. The van der Waals surface area contributed by atoms with Crippen LogP contribution in [-0.2, 0) is 14.6 Å². The molecule has 0 aromatic heterocycles. The van der Waals surface area contributed by atoms with Crippen LogP contribution in [0.1, 0.15) is 31.1 Å². The van der Waals surface area contributed by atoms with E-state index in [1.165, 1.54) is 0 Å². The van der Waals surface area contributed by atoms with Gasteiger partial charge in [-0.15, -0.1) is 0 Å². The number of benzene rings is 1. The van der Waals surface area contributed by atoms with Crippen LogP contribution in [0.5, 0.6) is 0 Å². The number of esters is 1. The molecule has 0 aliphatic carbocycles. The van der Waals surface area contributed by atoms with Crippen LogP contribution in [0.4, 0.5) is 5.69 Å². The Bertz CT molecular complexity index is 600. The van der Waals surface area contributed by atoms with Gasteiger partial charge in [-0.1, -0.05) is 0 Å². The number of hydrogen-bond acceptors (Lipinski definition) is 5. The zero-order valence-corrected chi connectivity index (χ0v) is 13.4. The predicted octanol–water partition coefficient (Wildman–Crippen LogP) is 1.88. The molecule has 1 aliphatic heterocycles. The highest BCUT2D eigenvalue weighted by molar-refractivity contribution is 7.91. The molecule has 21 heavy (non-hydrogen) atoms. The van der Waals surface area contributed by atoms with Gasteiger partial charge in [-0.2, -0.15) is 0 Å². The third-order valence-electron chi connectivity index (χ3n) is 3.21. The molecule has 0 radical (unpaired) electrons. The molecule has 0 saturated carbocycles. The highest BCUT2D eigenvalue weighted by Crippen LogP contribution is 2.19. The lowest BCUT2D eigenvalue weighted by Crippen LogP contribution is -2.40. The van der Waals surface area contributed by atoms with Crippen LogP contribution in [-0.4, -0.2) is 44.6 Å². The maximum Gasteiger partial charge on any atom is 0.338 e. The molecule has 116 valence electrons. The van der Waals surface area contributed by atoms with Gasteiger partial charge in [-0.05, 0) is 45.0 Å². The van der Waals surface area contributed by atoms with E-state index in [0.717, 1.165) is 5.69 Å². The van der Waals surface area contributed by atoms with Crippen LogP contribution in [0.15, 0.2) is 24.3 Å². The van der Waals surface area contributed by atoms with Crippen molar-refractivity contribution in [3.63, 3.8) is 0 Å². The van der Waals surface area contributed by atoms with Gasteiger partial charge in [-0.3, -0.25) is 0 Å². The average Bonchev–Trinajstić information content (AvgIpc) is 2.37. The minimum atomic E-state index is -2.88. The molecule has 0 bridgehead atoms. The molecule has 2 rings (SSSR count). The zero-order chi connectivity index (χ0) is 15.7. The van der Waals surface area contributed by atoms with Crippen molar-refractivity contribution in [1.29, 1.82) is 0 Å². The molecule has 5 nitrogen and oxygen atoms in total. The molecule has 0 N–H and O–H groups in total. The van der Waals surface area contributed by atoms with E-state index < -0.39 is 15.4 Å². The highest BCUT2D eigenvalue weighted by atomic mass is 32.2. The van der Waals surface area contributed by atoms with Gasteiger partial charge in [0.1, 0.15) is 5.60 Å². The smallest absolute Gasteiger partial charge is 0.338 e. The van der Waals surface area contributed by atoms with Crippen molar-refractivity contribution >= 4 is 21.5 Å². The van der Waals surface area contributed by atoms with E-state index in [4.69, 9.17) is 4.74 Å². The maximum atomic E-state index is 11.9. The second-order valence-electron chi connectivity index (χ2n) is 6.19. The third kappa shape index (κ3) is 4.46. The van der Waals surface area contributed by atoms with Gasteiger partial charge in [0.2, 0.25) is 0 Å². The molecule has 6 heteroatoms. The molecule has 1 saturated heterocycles. The Hall–Kier alpha value is -1.56. The molecule has 0 unspecified atom stereocenters. The summed E-state index contributed by atoms with van der Waals surface area (Å²) in [5.74, 6) is 0.0111. The Morgan fingerprint density at radius 2 is 1.62 bits per heavy atom. The zero-order valence-electron chi connectivity index (χ0n) is 12.6. The van der Waals surface area contributed by atoms with Crippen molar-refractivity contribution in [3.8, 4) is 0 Å². The Balaban J connectivity index is 2.04. The van der Waals surface area contributed by atoms with Crippen LogP contribution in [0, 0.1) is 0 Å². The Morgan fingerprint density at radius 1 is 1.10 bits per heavy atom. The van der Waals surface area contributed by atoms with Gasteiger partial charge in [-0.25, -0.2) is 13.2 Å². The monoisotopic (exact) mass is 311 g/mol. The fourth-order valence-electron chi connectivity index (χ4n) is 2.12. The molecule has 0 spiro atoms. The standard InChI is InChI=1S/C15H21NO4S/c1-15(2,3)20-14(17)12-4-6-13(7-5-12)16-8-10-21(18,19)11-9-16/h4-7H,8-11H2,1-3H3. The Morgan fingerprint density at radius 3 is 2.10 bits per heavy atom. The van der Waals surface area contributed by atoms with Crippen molar-refractivity contribution in [2.75, 3.05) is 29.5 Å². The van der Waals surface area contributed by atoms with Crippen molar-refractivity contribution < 1.29 is 17.9 Å². The van der Waals surface area contributed by atoms with E-state index in [9.17, 15) is 13.2 Å². The number of rotatable bonds is 2. The first-order valence-corrected chi connectivity index (χ1v) is 8.77. The third-order valence-corrected chi connectivity index (χ3v) is 4.82. The Labute approximate surface area is 125 Å². The van der Waals surface area contributed by atoms with E-state index in [1.54, 1.807) is 12.1 Å². The Kier molecular flexibility index (Phi) is 4.27. The van der Waals surface area contributed by atoms with E-state index in [-0.39, 0.29) is 17.5 Å². The second-order valence-corrected chi connectivity index (χ2v) is 8.49. The second kappa shape index (κ2) is 5.67. The molecule has 1 aromatic rings. The largest absolute Gasteiger partial charge is 0.456 e. The van der Waals surface area contributed by atoms with E-state index in [1.807, 2.05) is 37.8 Å². The topological polar surface area (TPSA) is 63.7 Å². The number of hydrogen-bond donors (Lipinski definition) is 0. The van der Waals surface area contributed by atoms with E-state index in [0.29, 0.717) is 18.7 Å². The number of ether oxygens (including phenoxy) is 1. The highest BCUT2D eigenvalue weighted by Gasteiger charge is 2.22. The lowest BCUT2D eigenvalue weighted by atomic mass is 10.1. The minimum Gasteiger partial charge on any atom is -0.456 e. The summed E-state index contributed by atoms with van der Waals surface area (Å²) in [6.45, 7) is 6.47. The summed E-state index contributed by atoms with van der Waals surface area (Å²) in [7, 11) is -2.88. The first-order chi connectivity index (χ1) is 9.66. The molecule has 1 aliphatic rings. The number of sulfone groups is 1. The fraction of sp³-hybridized carbons (Fsp3) is 0.533. The van der Waals surface area contributed by atoms with Gasteiger partial charge in [0.25, 0.3) is 0 Å².